The molecule has 2 rings (SSSR count). The molecular formula is C18H26N2O4. The molecule has 0 aliphatic heterocycles. The van der Waals surface area contributed by atoms with Crippen LogP contribution in [0.25, 0.3) is 0 Å². The molecule has 6 nitrogen and oxygen atoms in total. The SMILES string of the molecule is COc1cc(C(=O)NNC(=O)C2CC2C)ccc1OCCC(C)C. The highest BCUT2D eigenvalue weighted by atomic mass is 16.5. The van der Waals surface area contributed by atoms with Gasteiger partial charge in [-0.3, -0.25) is 20.4 Å². The van der Waals surface area contributed by atoms with Crippen molar-refractivity contribution in [3.8, 4) is 11.5 Å². The van der Waals surface area contributed by atoms with Gasteiger partial charge in [-0.1, -0.05) is 20.8 Å². The smallest absolute Gasteiger partial charge is 0.269 e. The fraction of sp³-hybridized carbons (Fsp3) is 0.556. The molecule has 1 aromatic carbocycles. The number of nitrogens with one attached hydrogen (secondary N) is 2. The monoisotopic (exact) mass is 334 g/mol. The van der Waals surface area contributed by atoms with Gasteiger partial charge in [0, 0.05) is 11.5 Å². The molecule has 1 saturated carbocycles. The highest BCUT2D eigenvalue weighted by Crippen LogP contribution is 2.37. The Balaban J connectivity index is 1.92. The normalized spacial score (nSPS) is 18.9. The molecule has 2 atom stereocenters. The van der Waals surface area contributed by atoms with Crippen LogP contribution in [-0.2, 0) is 4.79 Å². The Hall–Kier alpha value is -2.24. The zero-order valence-electron chi connectivity index (χ0n) is 14.7. The number of hydrogen-bond acceptors (Lipinski definition) is 4. The predicted octanol–water partition coefficient (Wildman–Crippen LogP) is 2.54. The molecule has 0 heterocycles. The van der Waals surface area contributed by atoms with Gasteiger partial charge in [0.2, 0.25) is 5.91 Å². The van der Waals surface area contributed by atoms with Gasteiger partial charge in [0.15, 0.2) is 11.5 Å². The number of amides is 2. The van der Waals surface area contributed by atoms with Crippen molar-refractivity contribution in [2.75, 3.05) is 13.7 Å². The van der Waals surface area contributed by atoms with Gasteiger partial charge in [0.05, 0.1) is 13.7 Å². The zero-order valence-corrected chi connectivity index (χ0v) is 14.7. The maximum atomic E-state index is 12.1. The van der Waals surface area contributed by atoms with Crippen LogP contribution < -0.4 is 20.3 Å². The summed E-state index contributed by atoms with van der Waals surface area (Å²) in [7, 11) is 1.53. The standard InChI is InChI=1S/C18H26N2O4/c1-11(2)7-8-24-15-6-5-13(10-16(15)23-4)17(21)19-20-18(22)14-9-12(14)3/h5-6,10-12,14H,7-9H2,1-4H3,(H,19,21)(H,20,22). The van der Waals surface area contributed by atoms with Crippen LogP contribution in [0.5, 0.6) is 11.5 Å². The third-order valence-electron chi connectivity index (χ3n) is 4.12. The molecule has 2 unspecified atom stereocenters. The van der Waals surface area contributed by atoms with Gasteiger partial charge in [0.25, 0.3) is 5.91 Å². The molecule has 1 aliphatic carbocycles. The first kappa shape index (κ1) is 18.1. The highest BCUT2D eigenvalue weighted by molar-refractivity contribution is 5.96. The number of hydrazine groups is 1. The number of ether oxygens (including phenoxy) is 2. The Labute approximate surface area is 142 Å². The van der Waals surface area contributed by atoms with Crippen LogP contribution in [0, 0.1) is 17.8 Å². The van der Waals surface area contributed by atoms with Crippen LogP contribution in [-0.4, -0.2) is 25.5 Å². The molecule has 6 heteroatoms. The Morgan fingerprint density at radius 3 is 2.54 bits per heavy atom. The van der Waals surface area contributed by atoms with Crippen molar-refractivity contribution in [2.24, 2.45) is 17.8 Å². The fourth-order valence-corrected chi connectivity index (χ4v) is 2.30. The molecule has 0 saturated heterocycles. The van der Waals surface area contributed by atoms with E-state index in [0.29, 0.717) is 35.5 Å². The number of carbonyl (C=O) groups excluding carboxylic acids is 2. The molecule has 1 aliphatic rings. The van der Waals surface area contributed by atoms with E-state index in [0.717, 1.165) is 12.8 Å². The van der Waals surface area contributed by atoms with E-state index in [1.807, 2.05) is 6.92 Å². The third kappa shape index (κ3) is 4.88. The predicted molar refractivity (Wildman–Crippen MR) is 90.8 cm³/mol. The van der Waals surface area contributed by atoms with Crippen molar-refractivity contribution in [2.45, 2.75) is 33.6 Å². The summed E-state index contributed by atoms with van der Waals surface area (Å²) in [6.45, 7) is 6.86. The molecule has 0 bridgehead atoms. The second-order valence-electron chi connectivity index (χ2n) is 6.66. The summed E-state index contributed by atoms with van der Waals surface area (Å²) in [6.07, 6.45) is 1.81. The molecule has 2 N–H and O–H groups in total. The summed E-state index contributed by atoms with van der Waals surface area (Å²) in [6, 6.07) is 4.96. The van der Waals surface area contributed by atoms with E-state index in [4.69, 9.17) is 9.47 Å². The van der Waals surface area contributed by atoms with E-state index < -0.39 is 0 Å². The minimum absolute atomic E-state index is 0.0107. The molecule has 0 aromatic heterocycles. The first-order valence-electron chi connectivity index (χ1n) is 8.33. The molecule has 2 amide bonds. The van der Waals surface area contributed by atoms with Crippen molar-refractivity contribution >= 4 is 11.8 Å². The van der Waals surface area contributed by atoms with Gasteiger partial charge in [0.1, 0.15) is 0 Å². The topological polar surface area (TPSA) is 76.7 Å². The van der Waals surface area contributed by atoms with Crippen LogP contribution in [0.1, 0.15) is 44.0 Å². The summed E-state index contributed by atoms with van der Waals surface area (Å²) >= 11 is 0. The van der Waals surface area contributed by atoms with Crippen molar-refractivity contribution < 1.29 is 19.1 Å². The Bertz CT molecular complexity index is 601. The molecule has 0 radical (unpaired) electrons. The van der Waals surface area contributed by atoms with Crippen LogP contribution in [0.2, 0.25) is 0 Å². The zero-order chi connectivity index (χ0) is 17.7. The minimum atomic E-state index is -0.385. The van der Waals surface area contributed by atoms with Gasteiger partial charge in [-0.15, -0.1) is 0 Å². The summed E-state index contributed by atoms with van der Waals surface area (Å²) in [4.78, 5) is 23.9. The maximum absolute atomic E-state index is 12.1. The highest BCUT2D eigenvalue weighted by Gasteiger charge is 2.39. The van der Waals surface area contributed by atoms with Crippen molar-refractivity contribution in [1.29, 1.82) is 0 Å². The average molecular weight is 334 g/mol. The number of carbonyl (C=O) groups is 2. The van der Waals surface area contributed by atoms with E-state index in [9.17, 15) is 9.59 Å². The third-order valence-corrected chi connectivity index (χ3v) is 4.12. The molecule has 0 spiro atoms. The van der Waals surface area contributed by atoms with Crippen molar-refractivity contribution in [3.63, 3.8) is 0 Å². The molecular weight excluding hydrogens is 308 g/mol. The Morgan fingerprint density at radius 1 is 1.25 bits per heavy atom. The lowest BCUT2D eigenvalue weighted by atomic mass is 10.1. The molecule has 24 heavy (non-hydrogen) atoms. The Morgan fingerprint density at radius 2 is 1.96 bits per heavy atom. The Kier molecular flexibility index (Phi) is 6.06. The van der Waals surface area contributed by atoms with E-state index in [-0.39, 0.29) is 17.7 Å². The van der Waals surface area contributed by atoms with Crippen LogP contribution >= 0.6 is 0 Å². The molecule has 132 valence electrons. The van der Waals surface area contributed by atoms with E-state index >= 15 is 0 Å². The summed E-state index contributed by atoms with van der Waals surface area (Å²) in [5, 5.41) is 0. The summed E-state index contributed by atoms with van der Waals surface area (Å²) < 4.78 is 11.0. The van der Waals surface area contributed by atoms with Crippen LogP contribution in [0.3, 0.4) is 0 Å². The van der Waals surface area contributed by atoms with Crippen LogP contribution in [0.15, 0.2) is 18.2 Å². The minimum Gasteiger partial charge on any atom is -0.493 e. The summed E-state index contributed by atoms with van der Waals surface area (Å²) in [5.74, 6) is 1.53. The lowest BCUT2D eigenvalue weighted by molar-refractivity contribution is -0.123. The lowest BCUT2D eigenvalue weighted by Crippen LogP contribution is -2.42. The van der Waals surface area contributed by atoms with E-state index in [1.165, 1.54) is 7.11 Å². The van der Waals surface area contributed by atoms with Gasteiger partial charge < -0.3 is 9.47 Å². The van der Waals surface area contributed by atoms with E-state index in [2.05, 4.69) is 24.7 Å². The second-order valence-corrected chi connectivity index (χ2v) is 6.66. The number of hydrogen-bond donors (Lipinski definition) is 2. The van der Waals surface area contributed by atoms with Crippen LogP contribution in [0.4, 0.5) is 0 Å². The first-order chi connectivity index (χ1) is 11.4. The second kappa shape index (κ2) is 8.04. The van der Waals surface area contributed by atoms with Gasteiger partial charge in [-0.05, 0) is 42.9 Å². The van der Waals surface area contributed by atoms with E-state index in [1.54, 1.807) is 18.2 Å². The quantitative estimate of drug-likeness (QED) is 0.751. The molecule has 1 fully saturated rings. The number of rotatable bonds is 7. The van der Waals surface area contributed by atoms with Crippen molar-refractivity contribution in [3.05, 3.63) is 23.8 Å². The van der Waals surface area contributed by atoms with Gasteiger partial charge in [-0.25, -0.2) is 0 Å². The number of benzene rings is 1. The average Bonchev–Trinajstić information content (AvgIpc) is 3.29. The summed E-state index contributed by atoms with van der Waals surface area (Å²) in [5.41, 5.74) is 5.29. The molecule has 1 aromatic rings. The maximum Gasteiger partial charge on any atom is 0.269 e. The largest absolute Gasteiger partial charge is 0.493 e. The first-order valence-corrected chi connectivity index (χ1v) is 8.33. The fourth-order valence-electron chi connectivity index (χ4n) is 2.30. The van der Waals surface area contributed by atoms with Crippen molar-refractivity contribution in [1.82, 2.24) is 10.9 Å². The van der Waals surface area contributed by atoms with Gasteiger partial charge in [-0.2, -0.15) is 0 Å². The number of methoxy groups -OCH3 is 1. The van der Waals surface area contributed by atoms with Gasteiger partial charge >= 0.3 is 0 Å². The lowest BCUT2D eigenvalue weighted by Gasteiger charge is -2.13.